The highest BCUT2D eigenvalue weighted by Gasteiger charge is 2.28. The highest BCUT2D eigenvalue weighted by Crippen LogP contribution is 2.51. The van der Waals surface area contributed by atoms with Gasteiger partial charge in [-0.3, -0.25) is 4.79 Å². The van der Waals surface area contributed by atoms with Crippen molar-refractivity contribution < 1.29 is 9.21 Å². The van der Waals surface area contributed by atoms with Crippen molar-refractivity contribution in [2.24, 2.45) is 0 Å². The van der Waals surface area contributed by atoms with E-state index in [1.165, 1.54) is 4.90 Å². The van der Waals surface area contributed by atoms with Gasteiger partial charge in [0.05, 0.1) is 16.1 Å². The molecule has 22 heavy (non-hydrogen) atoms. The van der Waals surface area contributed by atoms with Crippen LogP contribution in [-0.4, -0.2) is 12.3 Å². The zero-order valence-corrected chi connectivity index (χ0v) is 13.2. The lowest BCUT2D eigenvalue weighted by atomic mass is 10.1. The van der Waals surface area contributed by atoms with Crippen molar-refractivity contribution in [2.75, 3.05) is 11.4 Å². The Kier molecular flexibility index (Phi) is 3.01. The molecule has 0 saturated carbocycles. The fourth-order valence-electron chi connectivity index (χ4n) is 3.00. The van der Waals surface area contributed by atoms with E-state index in [9.17, 15) is 4.79 Å². The second-order valence-electron chi connectivity index (χ2n) is 5.32. The fourth-order valence-corrected chi connectivity index (χ4v) is 4.23. The molecule has 0 fully saturated rings. The van der Waals surface area contributed by atoms with Gasteiger partial charge in [-0.25, -0.2) is 0 Å². The molecule has 1 aliphatic rings. The van der Waals surface area contributed by atoms with Crippen molar-refractivity contribution >= 4 is 45.2 Å². The van der Waals surface area contributed by atoms with E-state index >= 15 is 0 Å². The number of carbonyl (C=O) groups excluding carboxylic acids is 1. The summed E-state index contributed by atoms with van der Waals surface area (Å²) in [5, 5.41) is 3.25. The molecule has 0 saturated heterocycles. The van der Waals surface area contributed by atoms with Crippen LogP contribution in [0, 0.1) is 0 Å². The number of hydrogen-bond donors (Lipinski definition) is 0. The minimum absolute atomic E-state index is 0.0713. The average Bonchev–Trinajstić information content (AvgIpc) is 3.03. The van der Waals surface area contributed by atoms with Crippen molar-refractivity contribution in [1.29, 1.82) is 0 Å². The van der Waals surface area contributed by atoms with Gasteiger partial charge < -0.3 is 9.32 Å². The van der Waals surface area contributed by atoms with E-state index in [1.54, 1.807) is 24.8 Å². The lowest BCUT2D eigenvalue weighted by Crippen LogP contribution is -2.17. The molecule has 3 aromatic rings. The summed E-state index contributed by atoms with van der Waals surface area (Å²) in [5.74, 6) is 0.0713. The lowest BCUT2D eigenvalue weighted by molar-refractivity contribution is -0.112. The minimum atomic E-state index is 0.0713. The fraction of sp³-hybridized carbons (Fsp3) is 0.167. The van der Waals surface area contributed by atoms with E-state index < -0.39 is 0 Å². The van der Waals surface area contributed by atoms with Crippen LogP contribution in [0.3, 0.4) is 0 Å². The predicted molar refractivity (Wildman–Crippen MR) is 91.4 cm³/mol. The number of fused-ring (bicyclic) bond motifs is 5. The molecule has 0 aliphatic carbocycles. The normalized spacial score (nSPS) is 15.9. The molecular weight excluding hydrogens is 294 g/mol. The third-order valence-corrected chi connectivity index (χ3v) is 4.97. The molecule has 1 aliphatic heterocycles. The van der Waals surface area contributed by atoms with Crippen molar-refractivity contribution in [2.45, 2.75) is 18.7 Å². The summed E-state index contributed by atoms with van der Waals surface area (Å²) in [6.07, 6.45) is 1.71. The van der Waals surface area contributed by atoms with Gasteiger partial charge in [-0.1, -0.05) is 30.0 Å². The number of anilines is 1. The monoisotopic (exact) mass is 309 g/mol. The molecule has 0 amide bonds. The maximum absolute atomic E-state index is 11.5. The van der Waals surface area contributed by atoms with Crippen molar-refractivity contribution in [3.05, 3.63) is 47.5 Å². The third kappa shape index (κ3) is 1.87. The average molecular weight is 309 g/mol. The summed E-state index contributed by atoms with van der Waals surface area (Å²) in [6.45, 7) is 4.51. The summed E-state index contributed by atoms with van der Waals surface area (Å²) in [7, 11) is 0. The van der Waals surface area contributed by atoms with Gasteiger partial charge in [0.1, 0.15) is 11.2 Å². The quantitative estimate of drug-likeness (QED) is 0.627. The molecule has 110 valence electrons. The van der Waals surface area contributed by atoms with Gasteiger partial charge in [0.15, 0.2) is 5.78 Å². The molecular formula is C18H15NO2S. The highest BCUT2D eigenvalue weighted by molar-refractivity contribution is 8.03. The maximum Gasteiger partial charge on any atom is 0.155 e. The molecule has 0 unspecified atom stereocenters. The first-order valence-corrected chi connectivity index (χ1v) is 8.12. The zero-order chi connectivity index (χ0) is 15.3. The summed E-state index contributed by atoms with van der Waals surface area (Å²) in [4.78, 5) is 14.9. The number of rotatable bonds is 2. The number of ketones is 1. The number of benzene rings is 2. The Labute approximate surface area is 132 Å². The largest absolute Gasteiger partial charge is 0.456 e. The van der Waals surface area contributed by atoms with E-state index in [1.807, 2.05) is 24.3 Å². The van der Waals surface area contributed by atoms with Gasteiger partial charge in [0.25, 0.3) is 0 Å². The predicted octanol–water partition coefficient (Wildman–Crippen LogP) is 4.95. The summed E-state index contributed by atoms with van der Waals surface area (Å²) >= 11 is 1.65. The number of para-hydroxylation sites is 1. The number of allylic oxidation sites excluding steroid dienone is 1. The number of hydrogen-bond acceptors (Lipinski definition) is 4. The first kappa shape index (κ1) is 13.5. The molecule has 4 heteroatoms. The van der Waals surface area contributed by atoms with Crippen LogP contribution in [0.5, 0.6) is 0 Å². The van der Waals surface area contributed by atoms with Crippen molar-refractivity contribution in [1.82, 2.24) is 0 Å². The van der Waals surface area contributed by atoms with Crippen molar-refractivity contribution in [3.63, 3.8) is 0 Å². The van der Waals surface area contributed by atoms with E-state index in [4.69, 9.17) is 4.42 Å². The number of nitrogens with zero attached hydrogens (tertiary/aromatic N) is 1. The van der Waals surface area contributed by atoms with Gasteiger partial charge in [0, 0.05) is 22.9 Å². The van der Waals surface area contributed by atoms with Crippen LogP contribution >= 0.6 is 11.8 Å². The van der Waals surface area contributed by atoms with Gasteiger partial charge in [-0.2, -0.15) is 0 Å². The maximum atomic E-state index is 11.5. The molecule has 0 atom stereocenters. The lowest BCUT2D eigenvalue weighted by Gasteiger charge is -2.18. The number of furan rings is 1. The summed E-state index contributed by atoms with van der Waals surface area (Å²) < 4.78 is 5.96. The number of carbonyl (C=O) groups is 1. The number of thioether (sulfide) groups is 1. The van der Waals surface area contributed by atoms with Gasteiger partial charge in [-0.15, -0.1) is 0 Å². The van der Waals surface area contributed by atoms with Gasteiger partial charge >= 0.3 is 0 Å². The molecule has 0 bridgehead atoms. The van der Waals surface area contributed by atoms with Gasteiger partial charge in [-0.05, 0) is 32.0 Å². The van der Waals surface area contributed by atoms with Crippen LogP contribution in [-0.2, 0) is 4.79 Å². The molecule has 2 heterocycles. The second kappa shape index (κ2) is 4.92. The molecule has 3 nitrogen and oxygen atoms in total. The molecule has 0 N–H and O–H groups in total. The smallest absolute Gasteiger partial charge is 0.155 e. The SMILES string of the molecule is CCN1C(=CC(C)=O)Sc2ccc3oc4ccccc4c3c21. The topological polar surface area (TPSA) is 33.5 Å². The molecule has 0 spiro atoms. The molecule has 2 aromatic carbocycles. The van der Waals surface area contributed by atoms with Gasteiger partial charge in [0.2, 0.25) is 0 Å². The molecule has 1 aromatic heterocycles. The van der Waals surface area contributed by atoms with Crippen molar-refractivity contribution in [3.8, 4) is 0 Å². The Morgan fingerprint density at radius 1 is 1.23 bits per heavy atom. The third-order valence-electron chi connectivity index (χ3n) is 3.87. The standard InChI is InChI=1S/C18H15NO2S/c1-3-19-16(10-11(2)20)22-15-9-8-14-17(18(15)19)12-6-4-5-7-13(12)21-14/h4-10H,3H2,1-2H3. The Bertz CT molecular complexity index is 939. The van der Waals surface area contributed by atoms with Crippen LogP contribution in [0.15, 0.2) is 56.8 Å². The Hall–Kier alpha value is -2.20. The van der Waals surface area contributed by atoms with Crippen LogP contribution < -0.4 is 4.90 Å². The van der Waals surface area contributed by atoms with Crippen LogP contribution in [0.1, 0.15) is 13.8 Å². The van der Waals surface area contributed by atoms with E-state index in [2.05, 4.69) is 24.0 Å². The highest BCUT2D eigenvalue weighted by atomic mass is 32.2. The minimum Gasteiger partial charge on any atom is -0.456 e. The van der Waals surface area contributed by atoms with E-state index in [0.29, 0.717) is 0 Å². The zero-order valence-electron chi connectivity index (χ0n) is 12.4. The van der Waals surface area contributed by atoms with Crippen LogP contribution in [0.25, 0.3) is 21.9 Å². The van der Waals surface area contributed by atoms with Crippen LogP contribution in [0.2, 0.25) is 0 Å². The first-order valence-electron chi connectivity index (χ1n) is 7.31. The molecule has 0 radical (unpaired) electrons. The summed E-state index contributed by atoms with van der Waals surface area (Å²) in [6, 6.07) is 12.2. The Morgan fingerprint density at radius 3 is 2.82 bits per heavy atom. The summed E-state index contributed by atoms with van der Waals surface area (Å²) in [5.41, 5.74) is 2.95. The second-order valence-corrected chi connectivity index (χ2v) is 6.39. The van der Waals surface area contributed by atoms with Crippen LogP contribution in [0.4, 0.5) is 5.69 Å². The Morgan fingerprint density at radius 2 is 2.05 bits per heavy atom. The van der Waals surface area contributed by atoms with E-state index in [-0.39, 0.29) is 5.78 Å². The Balaban J connectivity index is 2.05. The molecule has 4 rings (SSSR count). The first-order chi connectivity index (χ1) is 10.7. The van der Waals surface area contributed by atoms with E-state index in [0.717, 1.165) is 39.2 Å².